The SMILES string of the molecule is Cc1cc2c(F)c(O/C3=C(C(=O)N(C)C)/C(Nc4ccc(CN5CCN(C)CC5)cn4)=N/C=C/CC3C)ccc2[nH]1. The van der Waals surface area contributed by atoms with Crippen molar-refractivity contribution in [3.8, 4) is 5.75 Å². The molecule has 1 unspecified atom stereocenters. The van der Waals surface area contributed by atoms with Gasteiger partial charge >= 0.3 is 0 Å². The van der Waals surface area contributed by atoms with Crippen molar-refractivity contribution in [1.82, 2.24) is 24.7 Å². The Bertz CT molecular complexity index is 1500. The van der Waals surface area contributed by atoms with Crippen molar-refractivity contribution in [2.75, 3.05) is 52.6 Å². The van der Waals surface area contributed by atoms with Crippen LogP contribution in [-0.4, -0.2) is 83.7 Å². The van der Waals surface area contributed by atoms with Crippen LogP contribution in [0.2, 0.25) is 0 Å². The number of amidine groups is 1. The van der Waals surface area contributed by atoms with E-state index in [1.165, 1.54) is 4.90 Å². The summed E-state index contributed by atoms with van der Waals surface area (Å²) in [5.41, 5.74) is 2.89. The number of aryl methyl sites for hydroxylation is 1. The number of benzene rings is 1. The van der Waals surface area contributed by atoms with Crippen LogP contribution in [0.15, 0.2) is 65.1 Å². The molecule has 0 aliphatic carbocycles. The molecule has 2 aromatic heterocycles. The van der Waals surface area contributed by atoms with Gasteiger partial charge in [0.05, 0.1) is 0 Å². The van der Waals surface area contributed by atoms with Crippen molar-refractivity contribution in [1.29, 1.82) is 0 Å². The smallest absolute Gasteiger partial charge is 0.260 e. The summed E-state index contributed by atoms with van der Waals surface area (Å²) in [7, 11) is 5.49. The standard InChI is InChI=1S/C31H38FN7O2/c1-20-7-6-12-33-30(36-26-11-8-22(18-34-26)19-39-15-13-38(5)14-16-39)27(31(40)37(3)4)29(20)41-25-10-9-24-23(28(25)32)17-21(2)35-24/h6,8-12,17-18,20,35H,7,13-16,19H2,1-5H3,(H,33,34,36)/b12-6+,29-27-. The molecule has 1 aromatic carbocycles. The lowest BCUT2D eigenvalue weighted by Gasteiger charge is -2.32. The molecule has 41 heavy (non-hydrogen) atoms. The van der Waals surface area contributed by atoms with Gasteiger partial charge in [0.2, 0.25) is 0 Å². The number of anilines is 1. The summed E-state index contributed by atoms with van der Waals surface area (Å²) in [5, 5.41) is 3.68. The van der Waals surface area contributed by atoms with Gasteiger partial charge in [-0.25, -0.2) is 14.4 Å². The van der Waals surface area contributed by atoms with Gasteiger partial charge in [-0.2, -0.15) is 0 Å². The van der Waals surface area contributed by atoms with Crippen LogP contribution < -0.4 is 10.1 Å². The number of hydrogen-bond acceptors (Lipinski definition) is 7. The lowest BCUT2D eigenvalue weighted by atomic mass is 9.98. The van der Waals surface area contributed by atoms with Crippen LogP contribution in [0, 0.1) is 18.7 Å². The number of rotatable bonds is 6. The van der Waals surface area contributed by atoms with Gasteiger partial charge in [0.15, 0.2) is 11.6 Å². The van der Waals surface area contributed by atoms with E-state index >= 15 is 4.39 Å². The lowest BCUT2D eigenvalue weighted by Crippen LogP contribution is -2.43. The lowest BCUT2D eigenvalue weighted by molar-refractivity contribution is -0.124. The molecule has 0 bridgehead atoms. The Labute approximate surface area is 240 Å². The third-order valence-electron chi connectivity index (χ3n) is 7.48. The normalized spacial score (nSPS) is 22.5. The van der Waals surface area contributed by atoms with E-state index in [1.807, 2.05) is 38.3 Å². The Balaban J connectivity index is 1.46. The Hall–Kier alpha value is -4.02. The zero-order valence-electron chi connectivity index (χ0n) is 24.4. The first kappa shape index (κ1) is 28.5. The zero-order valence-corrected chi connectivity index (χ0v) is 24.4. The van der Waals surface area contributed by atoms with E-state index in [2.05, 4.69) is 37.1 Å². The fourth-order valence-corrected chi connectivity index (χ4v) is 5.07. The first-order valence-corrected chi connectivity index (χ1v) is 14.0. The van der Waals surface area contributed by atoms with Crippen LogP contribution in [0.3, 0.4) is 0 Å². The number of piperazine rings is 1. The highest BCUT2D eigenvalue weighted by Crippen LogP contribution is 2.32. The number of allylic oxidation sites excluding steroid dienone is 2. The summed E-state index contributed by atoms with van der Waals surface area (Å²) < 4.78 is 21.8. The molecule has 216 valence electrons. The third kappa shape index (κ3) is 6.49. The van der Waals surface area contributed by atoms with Crippen LogP contribution in [0.1, 0.15) is 24.6 Å². The Morgan fingerprint density at radius 2 is 1.98 bits per heavy atom. The van der Waals surface area contributed by atoms with E-state index in [1.54, 1.807) is 38.5 Å². The van der Waals surface area contributed by atoms with E-state index in [0.717, 1.165) is 44.0 Å². The number of halogens is 1. The summed E-state index contributed by atoms with van der Waals surface area (Å²) in [6.07, 6.45) is 6.01. The van der Waals surface area contributed by atoms with Crippen molar-refractivity contribution >= 4 is 28.5 Å². The van der Waals surface area contributed by atoms with E-state index in [0.29, 0.717) is 34.7 Å². The fourth-order valence-electron chi connectivity index (χ4n) is 5.07. The minimum atomic E-state index is -0.482. The monoisotopic (exact) mass is 559 g/mol. The van der Waals surface area contributed by atoms with Gasteiger partial charge in [0, 0.05) is 81.7 Å². The number of likely N-dealkylation sites (N-methyl/N-ethyl adjacent to an activating group) is 2. The maximum absolute atomic E-state index is 15.6. The zero-order chi connectivity index (χ0) is 29.1. The molecule has 9 nitrogen and oxygen atoms in total. The average molecular weight is 560 g/mol. The van der Waals surface area contributed by atoms with E-state index in [-0.39, 0.29) is 23.1 Å². The average Bonchev–Trinajstić information content (AvgIpc) is 3.34. The number of nitrogens with zero attached hydrogens (tertiary/aromatic N) is 5. The van der Waals surface area contributed by atoms with Gasteiger partial charge in [-0.1, -0.05) is 19.1 Å². The van der Waals surface area contributed by atoms with Crippen molar-refractivity contribution in [2.45, 2.75) is 26.8 Å². The molecule has 1 atom stereocenters. The Morgan fingerprint density at radius 1 is 1.20 bits per heavy atom. The third-order valence-corrected chi connectivity index (χ3v) is 7.48. The van der Waals surface area contributed by atoms with Crippen LogP contribution in [-0.2, 0) is 11.3 Å². The van der Waals surface area contributed by atoms with Crippen LogP contribution >= 0.6 is 0 Å². The number of amides is 1. The number of aliphatic imine (C=N–C) groups is 1. The summed E-state index contributed by atoms with van der Waals surface area (Å²) >= 11 is 0. The van der Waals surface area contributed by atoms with Gasteiger partial charge in [0.1, 0.15) is 23.0 Å². The van der Waals surface area contributed by atoms with Gasteiger partial charge in [-0.3, -0.25) is 9.69 Å². The molecular weight excluding hydrogens is 521 g/mol. The maximum Gasteiger partial charge on any atom is 0.260 e. The molecule has 2 aliphatic rings. The number of carbonyl (C=O) groups excluding carboxylic acids is 1. The van der Waals surface area contributed by atoms with Gasteiger partial charge in [-0.05, 0) is 50.2 Å². The molecule has 1 amide bonds. The molecule has 0 saturated carbocycles. The Kier molecular flexibility index (Phi) is 8.51. The molecule has 0 spiro atoms. The fraction of sp³-hybridized carbons (Fsp3) is 0.387. The Morgan fingerprint density at radius 3 is 2.68 bits per heavy atom. The van der Waals surface area contributed by atoms with E-state index in [9.17, 15) is 4.79 Å². The number of pyridine rings is 1. The number of nitrogens with one attached hydrogen (secondary N) is 2. The largest absolute Gasteiger partial charge is 0.457 e. The molecule has 2 aliphatic heterocycles. The van der Waals surface area contributed by atoms with Crippen LogP contribution in [0.4, 0.5) is 10.2 Å². The maximum atomic E-state index is 15.6. The second-order valence-electron chi connectivity index (χ2n) is 11.1. The quantitative estimate of drug-likeness (QED) is 0.461. The highest BCUT2D eigenvalue weighted by molar-refractivity contribution is 6.25. The van der Waals surface area contributed by atoms with Crippen molar-refractivity contribution in [3.05, 3.63) is 77.2 Å². The number of ether oxygens (including phenoxy) is 1. The number of hydrogen-bond donors (Lipinski definition) is 2. The van der Waals surface area contributed by atoms with Crippen molar-refractivity contribution < 1.29 is 13.9 Å². The van der Waals surface area contributed by atoms with Crippen LogP contribution in [0.25, 0.3) is 10.9 Å². The van der Waals surface area contributed by atoms with Gasteiger partial charge in [0.25, 0.3) is 5.91 Å². The predicted molar refractivity (Wildman–Crippen MR) is 160 cm³/mol. The van der Waals surface area contributed by atoms with Crippen molar-refractivity contribution in [3.63, 3.8) is 0 Å². The number of aromatic nitrogens is 2. The van der Waals surface area contributed by atoms with Gasteiger partial charge < -0.3 is 24.8 Å². The molecule has 1 saturated heterocycles. The molecular formula is C31H38FN7O2. The number of H-pyrrole nitrogens is 1. The van der Waals surface area contributed by atoms with E-state index in [4.69, 9.17) is 4.74 Å². The first-order valence-electron chi connectivity index (χ1n) is 14.0. The number of aromatic amines is 1. The molecule has 0 radical (unpaired) electrons. The molecule has 4 heterocycles. The predicted octanol–water partition coefficient (Wildman–Crippen LogP) is 4.54. The summed E-state index contributed by atoms with van der Waals surface area (Å²) in [5.74, 6) is 0.226. The van der Waals surface area contributed by atoms with Crippen LogP contribution in [0.5, 0.6) is 5.75 Å². The molecule has 5 rings (SSSR count). The molecule has 2 N–H and O–H groups in total. The summed E-state index contributed by atoms with van der Waals surface area (Å²) in [6, 6.07) is 9.04. The molecule has 3 aromatic rings. The second kappa shape index (κ2) is 12.2. The highest BCUT2D eigenvalue weighted by Gasteiger charge is 2.30. The summed E-state index contributed by atoms with van der Waals surface area (Å²) in [6.45, 7) is 8.83. The summed E-state index contributed by atoms with van der Waals surface area (Å²) in [4.78, 5) is 32.2. The molecule has 1 fully saturated rings. The van der Waals surface area contributed by atoms with Gasteiger partial charge in [-0.15, -0.1) is 0 Å². The number of fused-ring (bicyclic) bond motifs is 1. The first-order chi connectivity index (χ1) is 19.7. The second-order valence-corrected chi connectivity index (χ2v) is 11.1. The van der Waals surface area contributed by atoms with E-state index < -0.39 is 5.82 Å². The minimum absolute atomic E-state index is 0.0534. The number of carbonyl (C=O) groups is 1. The molecule has 10 heteroatoms. The highest BCUT2D eigenvalue weighted by atomic mass is 19.1. The van der Waals surface area contributed by atoms with Crippen molar-refractivity contribution in [2.24, 2.45) is 10.9 Å². The minimum Gasteiger partial charge on any atom is -0.457 e. The topological polar surface area (TPSA) is 89.1 Å².